The number of carbonyl (C=O) groups is 1. The van der Waals surface area contributed by atoms with E-state index < -0.39 is 18.6 Å². The van der Waals surface area contributed by atoms with Crippen molar-refractivity contribution in [2.24, 2.45) is 0 Å². The summed E-state index contributed by atoms with van der Waals surface area (Å²) in [6.45, 7) is 1.28. The highest BCUT2D eigenvalue weighted by Crippen LogP contribution is 2.24. The Kier molecular flexibility index (Phi) is 4.05. The molecule has 0 saturated heterocycles. The SMILES string of the molecule is Cc1cc(NCCC(F)(F)F)cc(C(=O)O)c1N. The normalized spacial score (nSPS) is 11.3. The number of alkyl halides is 3. The van der Waals surface area contributed by atoms with Crippen molar-refractivity contribution >= 4 is 17.3 Å². The number of rotatable bonds is 4. The van der Waals surface area contributed by atoms with Crippen LogP contribution < -0.4 is 11.1 Å². The first kappa shape index (κ1) is 14.1. The molecule has 1 aromatic carbocycles. The van der Waals surface area contributed by atoms with Crippen LogP contribution in [0, 0.1) is 6.92 Å². The van der Waals surface area contributed by atoms with Crippen molar-refractivity contribution < 1.29 is 23.1 Å². The summed E-state index contributed by atoms with van der Waals surface area (Å²) in [5.41, 5.74) is 6.37. The van der Waals surface area contributed by atoms with Crippen LogP contribution in [0.25, 0.3) is 0 Å². The van der Waals surface area contributed by atoms with Crippen LogP contribution in [0.5, 0.6) is 0 Å². The van der Waals surface area contributed by atoms with Gasteiger partial charge in [-0.1, -0.05) is 0 Å². The maximum Gasteiger partial charge on any atom is 0.390 e. The summed E-state index contributed by atoms with van der Waals surface area (Å²) in [6.07, 6.45) is -5.23. The van der Waals surface area contributed by atoms with Crippen molar-refractivity contribution in [1.29, 1.82) is 0 Å². The van der Waals surface area contributed by atoms with E-state index in [0.29, 0.717) is 11.3 Å². The first-order valence-electron chi connectivity index (χ1n) is 5.15. The zero-order chi connectivity index (χ0) is 13.9. The topological polar surface area (TPSA) is 75.3 Å². The van der Waals surface area contributed by atoms with E-state index in [1.165, 1.54) is 12.1 Å². The first-order valence-corrected chi connectivity index (χ1v) is 5.15. The number of aryl methyl sites for hydroxylation is 1. The van der Waals surface area contributed by atoms with Crippen LogP contribution in [0.3, 0.4) is 0 Å². The second-order valence-corrected chi connectivity index (χ2v) is 3.85. The lowest BCUT2D eigenvalue weighted by Gasteiger charge is -2.12. The van der Waals surface area contributed by atoms with Crippen molar-refractivity contribution in [3.8, 4) is 0 Å². The van der Waals surface area contributed by atoms with E-state index in [0.717, 1.165) is 0 Å². The molecule has 0 amide bonds. The van der Waals surface area contributed by atoms with Gasteiger partial charge >= 0.3 is 12.1 Å². The fourth-order valence-electron chi connectivity index (χ4n) is 1.43. The number of nitrogen functional groups attached to an aromatic ring is 1. The number of halogens is 3. The molecule has 0 aliphatic rings. The molecule has 0 radical (unpaired) electrons. The van der Waals surface area contributed by atoms with Crippen molar-refractivity contribution in [1.82, 2.24) is 0 Å². The lowest BCUT2D eigenvalue weighted by molar-refractivity contribution is -0.131. The third-order valence-electron chi connectivity index (χ3n) is 2.35. The van der Waals surface area contributed by atoms with Crippen molar-refractivity contribution in [2.75, 3.05) is 17.6 Å². The highest BCUT2D eigenvalue weighted by Gasteiger charge is 2.26. The molecule has 4 nitrogen and oxygen atoms in total. The van der Waals surface area contributed by atoms with Crippen molar-refractivity contribution in [3.63, 3.8) is 0 Å². The van der Waals surface area contributed by atoms with Crippen molar-refractivity contribution in [3.05, 3.63) is 23.3 Å². The first-order chi connectivity index (χ1) is 8.20. The maximum absolute atomic E-state index is 12.0. The minimum absolute atomic E-state index is 0.115. The number of carboxylic acid groups (broad SMARTS) is 1. The Labute approximate surface area is 102 Å². The Morgan fingerprint density at radius 3 is 2.56 bits per heavy atom. The van der Waals surface area contributed by atoms with Gasteiger partial charge in [0.2, 0.25) is 0 Å². The second kappa shape index (κ2) is 5.16. The van der Waals surface area contributed by atoms with E-state index in [1.807, 2.05) is 0 Å². The number of nitrogens with two attached hydrogens (primary N) is 1. The number of nitrogens with one attached hydrogen (secondary N) is 1. The third kappa shape index (κ3) is 3.83. The van der Waals surface area contributed by atoms with E-state index in [-0.39, 0.29) is 17.8 Å². The predicted molar refractivity (Wildman–Crippen MR) is 61.7 cm³/mol. The summed E-state index contributed by atoms with van der Waals surface area (Å²) in [5, 5.41) is 11.4. The highest BCUT2D eigenvalue weighted by atomic mass is 19.4. The average molecular weight is 262 g/mol. The molecule has 0 unspecified atom stereocenters. The lowest BCUT2D eigenvalue weighted by Crippen LogP contribution is -2.15. The molecule has 4 N–H and O–H groups in total. The Bertz CT molecular complexity index is 458. The Morgan fingerprint density at radius 1 is 1.44 bits per heavy atom. The fraction of sp³-hybridized carbons (Fsp3) is 0.364. The summed E-state index contributed by atoms with van der Waals surface area (Å²) in [6, 6.07) is 2.74. The van der Waals surface area contributed by atoms with Gasteiger partial charge in [0.1, 0.15) is 0 Å². The van der Waals surface area contributed by atoms with Gasteiger partial charge in [-0.2, -0.15) is 13.2 Å². The van der Waals surface area contributed by atoms with Gasteiger partial charge < -0.3 is 16.2 Å². The monoisotopic (exact) mass is 262 g/mol. The van der Waals surface area contributed by atoms with Crippen LogP contribution >= 0.6 is 0 Å². The zero-order valence-electron chi connectivity index (χ0n) is 9.64. The van der Waals surface area contributed by atoms with Crippen LogP contribution in [0.15, 0.2) is 12.1 Å². The molecule has 0 spiro atoms. The van der Waals surface area contributed by atoms with Gasteiger partial charge in [0.25, 0.3) is 0 Å². The van der Waals surface area contributed by atoms with Gasteiger partial charge in [0.05, 0.1) is 12.0 Å². The van der Waals surface area contributed by atoms with E-state index >= 15 is 0 Å². The standard InChI is InChI=1S/C11H13F3N2O2/c1-6-4-7(16-3-2-11(12,13)14)5-8(9(6)15)10(17)18/h4-5,16H,2-3,15H2,1H3,(H,17,18). The summed E-state index contributed by atoms with van der Waals surface area (Å²) >= 11 is 0. The number of hydrogen-bond donors (Lipinski definition) is 3. The highest BCUT2D eigenvalue weighted by molar-refractivity contribution is 5.95. The van der Waals surface area contributed by atoms with E-state index in [1.54, 1.807) is 6.92 Å². The van der Waals surface area contributed by atoms with Gasteiger partial charge in [-0.05, 0) is 24.6 Å². The van der Waals surface area contributed by atoms with Gasteiger partial charge in [-0.15, -0.1) is 0 Å². The molecule has 0 aliphatic carbocycles. The van der Waals surface area contributed by atoms with Gasteiger partial charge in [-0.25, -0.2) is 4.79 Å². The smallest absolute Gasteiger partial charge is 0.390 e. The predicted octanol–water partition coefficient (Wildman–Crippen LogP) is 2.64. The average Bonchev–Trinajstić information content (AvgIpc) is 2.20. The molecule has 0 aromatic heterocycles. The Hall–Kier alpha value is -1.92. The van der Waals surface area contributed by atoms with Gasteiger partial charge in [0, 0.05) is 17.9 Å². The molecule has 0 bridgehead atoms. The number of benzene rings is 1. The van der Waals surface area contributed by atoms with Crippen LogP contribution in [-0.2, 0) is 0 Å². The van der Waals surface area contributed by atoms with E-state index in [9.17, 15) is 18.0 Å². The molecule has 18 heavy (non-hydrogen) atoms. The summed E-state index contributed by atoms with van der Waals surface area (Å²) < 4.78 is 35.9. The van der Waals surface area contributed by atoms with Crippen LogP contribution in [0.1, 0.15) is 22.3 Å². The Morgan fingerprint density at radius 2 is 2.06 bits per heavy atom. The van der Waals surface area contributed by atoms with Crippen LogP contribution in [-0.4, -0.2) is 23.8 Å². The maximum atomic E-state index is 12.0. The second-order valence-electron chi connectivity index (χ2n) is 3.85. The van der Waals surface area contributed by atoms with Gasteiger partial charge in [-0.3, -0.25) is 0 Å². The molecule has 1 aromatic rings. The quantitative estimate of drug-likeness (QED) is 0.729. The fourth-order valence-corrected chi connectivity index (χ4v) is 1.43. The molecule has 7 heteroatoms. The lowest BCUT2D eigenvalue weighted by atomic mass is 10.1. The Balaban J connectivity index is 2.82. The summed E-state index contributed by atoms with van der Waals surface area (Å²) in [7, 11) is 0. The molecular formula is C11H13F3N2O2. The molecule has 0 atom stereocenters. The largest absolute Gasteiger partial charge is 0.478 e. The molecule has 0 saturated carbocycles. The number of aromatic carboxylic acids is 1. The van der Waals surface area contributed by atoms with Crippen LogP contribution in [0.2, 0.25) is 0 Å². The van der Waals surface area contributed by atoms with E-state index in [4.69, 9.17) is 10.8 Å². The molecule has 1 rings (SSSR count). The molecular weight excluding hydrogens is 249 g/mol. The zero-order valence-corrected chi connectivity index (χ0v) is 9.64. The number of carboxylic acids is 1. The molecule has 0 heterocycles. The van der Waals surface area contributed by atoms with Gasteiger partial charge in [0.15, 0.2) is 0 Å². The molecule has 0 aliphatic heterocycles. The number of anilines is 2. The molecule has 100 valence electrons. The number of hydrogen-bond acceptors (Lipinski definition) is 3. The van der Waals surface area contributed by atoms with Crippen molar-refractivity contribution in [2.45, 2.75) is 19.5 Å². The van der Waals surface area contributed by atoms with E-state index in [2.05, 4.69) is 5.32 Å². The molecule has 0 fully saturated rings. The minimum Gasteiger partial charge on any atom is -0.478 e. The summed E-state index contributed by atoms with van der Waals surface area (Å²) in [5.74, 6) is -1.21. The van der Waals surface area contributed by atoms with Crippen LogP contribution in [0.4, 0.5) is 24.5 Å². The summed E-state index contributed by atoms with van der Waals surface area (Å²) in [4.78, 5) is 10.9. The minimum atomic E-state index is -4.24. The third-order valence-corrected chi connectivity index (χ3v) is 2.35.